The molecule has 7 heteroatoms. The topological polar surface area (TPSA) is 89.3 Å². The first-order valence-electron chi connectivity index (χ1n) is 5.24. The standard InChI is InChI=1S/C11H14N2O4S/c1-3-4-8-12-18(16,17)11-9(2)6-5-7-10(11)13(14)15/h3,5-7,12H,1,4,8H2,2H3. The predicted molar refractivity (Wildman–Crippen MR) is 67.8 cm³/mol. The first-order chi connectivity index (χ1) is 8.40. The van der Waals surface area contributed by atoms with Crippen molar-refractivity contribution in [2.45, 2.75) is 18.2 Å². The second kappa shape index (κ2) is 5.74. The van der Waals surface area contributed by atoms with Gasteiger partial charge in [0.1, 0.15) is 0 Å². The van der Waals surface area contributed by atoms with Crippen LogP contribution in [0, 0.1) is 17.0 Å². The lowest BCUT2D eigenvalue weighted by Crippen LogP contribution is -2.26. The normalized spacial score (nSPS) is 11.2. The molecule has 0 saturated heterocycles. The highest BCUT2D eigenvalue weighted by molar-refractivity contribution is 7.89. The van der Waals surface area contributed by atoms with Crippen LogP contribution in [0.1, 0.15) is 12.0 Å². The summed E-state index contributed by atoms with van der Waals surface area (Å²) in [7, 11) is -3.88. The summed E-state index contributed by atoms with van der Waals surface area (Å²) >= 11 is 0. The van der Waals surface area contributed by atoms with Crippen LogP contribution in [0.2, 0.25) is 0 Å². The summed E-state index contributed by atoms with van der Waals surface area (Å²) < 4.78 is 26.3. The van der Waals surface area contributed by atoms with Crippen molar-refractivity contribution in [1.29, 1.82) is 0 Å². The zero-order valence-electron chi connectivity index (χ0n) is 9.92. The molecule has 1 aromatic carbocycles. The Morgan fingerprint density at radius 3 is 2.72 bits per heavy atom. The number of rotatable bonds is 6. The van der Waals surface area contributed by atoms with Crippen molar-refractivity contribution >= 4 is 15.7 Å². The molecule has 6 nitrogen and oxygen atoms in total. The molecular weight excluding hydrogens is 256 g/mol. The number of sulfonamides is 1. The molecule has 1 N–H and O–H groups in total. The number of hydrogen-bond donors (Lipinski definition) is 1. The Morgan fingerprint density at radius 1 is 1.50 bits per heavy atom. The highest BCUT2D eigenvalue weighted by Crippen LogP contribution is 2.26. The molecule has 0 spiro atoms. The van der Waals surface area contributed by atoms with Gasteiger partial charge in [-0.2, -0.15) is 0 Å². The molecule has 0 unspecified atom stereocenters. The third-order valence-corrected chi connectivity index (χ3v) is 3.95. The Kier molecular flexibility index (Phi) is 4.57. The molecule has 1 rings (SSSR count). The van der Waals surface area contributed by atoms with Gasteiger partial charge in [-0.1, -0.05) is 18.2 Å². The monoisotopic (exact) mass is 270 g/mol. The second-order valence-electron chi connectivity index (χ2n) is 3.66. The van der Waals surface area contributed by atoms with E-state index in [1.165, 1.54) is 25.1 Å². The molecule has 0 radical (unpaired) electrons. The van der Waals surface area contributed by atoms with E-state index in [-0.39, 0.29) is 11.4 Å². The molecule has 0 aliphatic rings. The maximum atomic E-state index is 12.0. The van der Waals surface area contributed by atoms with Crippen molar-refractivity contribution < 1.29 is 13.3 Å². The van der Waals surface area contributed by atoms with Gasteiger partial charge in [0, 0.05) is 12.6 Å². The van der Waals surface area contributed by atoms with E-state index in [0.717, 1.165) is 0 Å². The predicted octanol–water partition coefficient (Wildman–Crippen LogP) is 1.76. The van der Waals surface area contributed by atoms with Gasteiger partial charge in [0.2, 0.25) is 10.0 Å². The van der Waals surface area contributed by atoms with Crippen LogP contribution in [0.25, 0.3) is 0 Å². The number of nitro groups is 1. The van der Waals surface area contributed by atoms with Crippen LogP contribution in [0.3, 0.4) is 0 Å². The summed E-state index contributed by atoms with van der Waals surface area (Å²) in [5.74, 6) is 0. The molecule has 98 valence electrons. The molecular formula is C11H14N2O4S. The Morgan fingerprint density at radius 2 is 2.17 bits per heavy atom. The highest BCUT2D eigenvalue weighted by Gasteiger charge is 2.27. The van der Waals surface area contributed by atoms with Crippen molar-refractivity contribution in [2.75, 3.05) is 6.54 Å². The summed E-state index contributed by atoms with van der Waals surface area (Å²) in [5.41, 5.74) is -0.0728. The van der Waals surface area contributed by atoms with Crippen LogP contribution in [0.5, 0.6) is 0 Å². The van der Waals surface area contributed by atoms with Gasteiger partial charge in [-0.05, 0) is 18.9 Å². The van der Waals surface area contributed by atoms with Crippen LogP contribution < -0.4 is 4.72 Å². The summed E-state index contributed by atoms with van der Waals surface area (Å²) in [5, 5.41) is 10.8. The number of nitrogens with one attached hydrogen (secondary N) is 1. The van der Waals surface area contributed by atoms with Crippen LogP contribution in [-0.2, 0) is 10.0 Å². The number of nitro benzene ring substituents is 1. The molecule has 18 heavy (non-hydrogen) atoms. The molecule has 0 aromatic heterocycles. The molecule has 0 saturated carbocycles. The van der Waals surface area contributed by atoms with Gasteiger partial charge >= 0.3 is 0 Å². The fourth-order valence-electron chi connectivity index (χ4n) is 1.50. The van der Waals surface area contributed by atoms with Gasteiger partial charge in [-0.3, -0.25) is 10.1 Å². The van der Waals surface area contributed by atoms with E-state index in [4.69, 9.17) is 0 Å². The SMILES string of the molecule is C=CCCNS(=O)(=O)c1c(C)cccc1[N+](=O)[O-]. The Balaban J connectivity index is 3.22. The second-order valence-corrected chi connectivity index (χ2v) is 5.36. The Labute approximate surface area is 106 Å². The first kappa shape index (κ1) is 14.3. The maximum absolute atomic E-state index is 12.0. The third-order valence-electron chi connectivity index (χ3n) is 2.30. The number of benzene rings is 1. The van der Waals surface area contributed by atoms with Crippen LogP contribution in [0.15, 0.2) is 35.7 Å². The number of hydrogen-bond acceptors (Lipinski definition) is 4. The van der Waals surface area contributed by atoms with Gasteiger partial charge in [-0.25, -0.2) is 13.1 Å². The van der Waals surface area contributed by atoms with Gasteiger partial charge in [-0.15, -0.1) is 6.58 Å². The zero-order chi connectivity index (χ0) is 13.8. The fraction of sp³-hybridized carbons (Fsp3) is 0.273. The largest absolute Gasteiger partial charge is 0.289 e. The minimum absolute atomic E-state index is 0.164. The summed E-state index contributed by atoms with van der Waals surface area (Å²) in [6.07, 6.45) is 2.02. The van der Waals surface area contributed by atoms with E-state index in [1.807, 2.05) is 0 Å². The van der Waals surface area contributed by atoms with Crippen LogP contribution >= 0.6 is 0 Å². The van der Waals surface area contributed by atoms with E-state index in [9.17, 15) is 18.5 Å². The lowest BCUT2D eigenvalue weighted by molar-refractivity contribution is -0.387. The first-order valence-corrected chi connectivity index (χ1v) is 6.73. The van der Waals surface area contributed by atoms with Crippen LogP contribution in [0.4, 0.5) is 5.69 Å². The summed E-state index contributed by atoms with van der Waals surface area (Å²) in [6, 6.07) is 4.15. The van der Waals surface area contributed by atoms with Crippen molar-refractivity contribution in [3.8, 4) is 0 Å². The highest BCUT2D eigenvalue weighted by atomic mass is 32.2. The average Bonchev–Trinajstić information content (AvgIpc) is 2.28. The number of nitrogens with zero attached hydrogens (tertiary/aromatic N) is 1. The smallest absolute Gasteiger partial charge is 0.258 e. The minimum Gasteiger partial charge on any atom is -0.258 e. The summed E-state index contributed by atoms with van der Waals surface area (Å²) in [6.45, 7) is 5.16. The van der Waals surface area contributed by atoms with Crippen molar-refractivity contribution in [2.24, 2.45) is 0 Å². The summed E-state index contributed by atoms with van der Waals surface area (Å²) in [4.78, 5) is 9.87. The molecule has 0 atom stereocenters. The molecule has 0 aliphatic heterocycles. The Bertz CT molecular complexity index is 566. The molecule has 0 heterocycles. The quantitative estimate of drug-likeness (QED) is 0.369. The number of aryl methyl sites for hydroxylation is 1. The fourth-order valence-corrected chi connectivity index (χ4v) is 2.94. The van der Waals surface area contributed by atoms with Crippen molar-refractivity contribution in [3.05, 3.63) is 46.5 Å². The molecule has 0 amide bonds. The van der Waals surface area contributed by atoms with Gasteiger partial charge in [0.05, 0.1) is 4.92 Å². The lowest BCUT2D eigenvalue weighted by atomic mass is 10.2. The van der Waals surface area contributed by atoms with E-state index in [2.05, 4.69) is 11.3 Å². The zero-order valence-corrected chi connectivity index (χ0v) is 10.7. The Hall–Kier alpha value is -1.73. The van der Waals surface area contributed by atoms with Crippen molar-refractivity contribution in [3.63, 3.8) is 0 Å². The van der Waals surface area contributed by atoms with Gasteiger partial charge in [0.15, 0.2) is 4.90 Å². The van der Waals surface area contributed by atoms with Crippen LogP contribution in [-0.4, -0.2) is 19.9 Å². The lowest BCUT2D eigenvalue weighted by Gasteiger charge is -2.08. The molecule has 0 bridgehead atoms. The molecule has 0 aliphatic carbocycles. The van der Waals surface area contributed by atoms with E-state index >= 15 is 0 Å². The maximum Gasteiger partial charge on any atom is 0.289 e. The van der Waals surface area contributed by atoms with Gasteiger partial charge < -0.3 is 0 Å². The van der Waals surface area contributed by atoms with E-state index in [1.54, 1.807) is 6.08 Å². The third kappa shape index (κ3) is 3.14. The van der Waals surface area contributed by atoms with E-state index in [0.29, 0.717) is 12.0 Å². The van der Waals surface area contributed by atoms with Gasteiger partial charge in [0.25, 0.3) is 5.69 Å². The minimum atomic E-state index is -3.88. The molecule has 0 fully saturated rings. The van der Waals surface area contributed by atoms with Crippen molar-refractivity contribution in [1.82, 2.24) is 4.72 Å². The molecule has 1 aromatic rings. The average molecular weight is 270 g/mol. The van der Waals surface area contributed by atoms with E-state index < -0.39 is 20.6 Å².